The van der Waals surface area contributed by atoms with Crippen molar-refractivity contribution < 1.29 is 17.9 Å². The number of carbonyl (C=O) groups is 1. The molecule has 0 saturated carbocycles. The lowest BCUT2D eigenvalue weighted by Crippen LogP contribution is -2.60. The standard InChI is InChI=1S/C38H49Cl2N5O4S/c1-8-49-32-25-33(36(3,4)5)41-26-31(32)34-42-37(6,27-11-15-29(39)16-12-27)38(7,28-13-17-30(40)18-14-28)45(34)35(46)44-22-20-43(21-23-44)19-10-24-50(47,48)9-2/h11-18,25-26H,8-10,19-24H2,1-7H3/t37-,38+/m0/s1. The van der Waals surface area contributed by atoms with Crippen LogP contribution in [0.3, 0.4) is 0 Å². The van der Waals surface area contributed by atoms with E-state index in [0.29, 0.717) is 72.9 Å². The van der Waals surface area contributed by atoms with Crippen molar-refractivity contribution in [1.29, 1.82) is 0 Å². The Hall–Kier alpha value is -3.18. The van der Waals surface area contributed by atoms with E-state index < -0.39 is 20.9 Å². The molecule has 12 heteroatoms. The molecule has 0 radical (unpaired) electrons. The van der Waals surface area contributed by atoms with Crippen molar-refractivity contribution in [2.75, 3.05) is 50.8 Å². The summed E-state index contributed by atoms with van der Waals surface area (Å²) >= 11 is 12.8. The SMILES string of the molecule is CCOc1cc(C(C)(C)C)ncc1C1=N[C@@](C)(c2ccc(Cl)cc2)[C@@](C)(c2ccc(Cl)cc2)N1C(=O)N1CCN(CCCS(=O)(=O)CC)CC1. The molecular weight excluding hydrogens is 693 g/mol. The van der Waals surface area contributed by atoms with Crippen molar-refractivity contribution in [1.82, 2.24) is 19.7 Å². The van der Waals surface area contributed by atoms with Crippen LogP contribution in [-0.2, 0) is 26.3 Å². The van der Waals surface area contributed by atoms with E-state index in [2.05, 4.69) is 39.5 Å². The summed E-state index contributed by atoms with van der Waals surface area (Å²) in [5.41, 5.74) is 1.00. The van der Waals surface area contributed by atoms with Gasteiger partial charge in [-0.3, -0.25) is 19.8 Å². The normalized spacial score (nSPS) is 21.7. The lowest BCUT2D eigenvalue weighted by atomic mass is 9.71. The van der Waals surface area contributed by atoms with Gasteiger partial charge in [0.25, 0.3) is 0 Å². The van der Waals surface area contributed by atoms with Crippen molar-refractivity contribution in [3.63, 3.8) is 0 Å². The van der Waals surface area contributed by atoms with Gasteiger partial charge in [-0.1, -0.05) is 75.2 Å². The third-order valence-corrected chi connectivity index (χ3v) is 12.4. The van der Waals surface area contributed by atoms with Crippen molar-refractivity contribution in [2.24, 2.45) is 4.99 Å². The van der Waals surface area contributed by atoms with Gasteiger partial charge in [-0.2, -0.15) is 0 Å². The van der Waals surface area contributed by atoms with Crippen LogP contribution in [0.5, 0.6) is 5.75 Å². The van der Waals surface area contributed by atoms with Crippen molar-refractivity contribution >= 4 is 44.9 Å². The zero-order chi connectivity index (χ0) is 36.5. The lowest BCUT2D eigenvalue weighted by molar-refractivity contribution is 0.0868. The lowest BCUT2D eigenvalue weighted by Gasteiger charge is -2.47. The first-order valence-corrected chi connectivity index (χ1v) is 19.9. The van der Waals surface area contributed by atoms with Crippen molar-refractivity contribution in [2.45, 2.75) is 71.4 Å². The average Bonchev–Trinajstić information content (AvgIpc) is 3.32. The quantitative estimate of drug-likeness (QED) is 0.213. The van der Waals surface area contributed by atoms with Gasteiger partial charge in [-0.25, -0.2) is 13.2 Å². The van der Waals surface area contributed by atoms with Gasteiger partial charge in [0, 0.05) is 65.3 Å². The first-order valence-electron chi connectivity index (χ1n) is 17.3. The van der Waals surface area contributed by atoms with Crippen LogP contribution in [0.4, 0.5) is 4.79 Å². The molecule has 2 aliphatic rings. The number of amides is 2. The maximum absolute atomic E-state index is 15.2. The molecule has 1 aromatic heterocycles. The van der Waals surface area contributed by atoms with Crippen LogP contribution < -0.4 is 4.74 Å². The number of aromatic nitrogens is 1. The number of sulfone groups is 1. The fourth-order valence-electron chi connectivity index (χ4n) is 6.81. The van der Waals surface area contributed by atoms with Crippen LogP contribution in [0.25, 0.3) is 0 Å². The number of halogens is 2. The number of amidine groups is 1. The highest BCUT2D eigenvalue weighted by atomic mass is 35.5. The van der Waals surface area contributed by atoms with Crippen molar-refractivity contribution in [3.8, 4) is 5.75 Å². The summed E-state index contributed by atoms with van der Waals surface area (Å²) in [5.74, 6) is 1.39. The summed E-state index contributed by atoms with van der Waals surface area (Å²) in [7, 11) is -3.03. The van der Waals surface area contributed by atoms with Gasteiger partial charge < -0.3 is 9.64 Å². The minimum atomic E-state index is -3.03. The molecule has 1 fully saturated rings. The molecule has 2 amide bonds. The fraction of sp³-hybridized carbons (Fsp3) is 0.500. The molecule has 1 saturated heterocycles. The second-order valence-corrected chi connectivity index (χ2v) is 17.7. The molecule has 0 spiro atoms. The van der Waals surface area contributed by atoms with Crippen LogP contribution in [0.1, 0.15) is 77.3 Å². The zero-order valence-electron chi connectivity index (χ0n) is 30.2. The molecule has 0 aliphatic carbocycles. The summed E-state index contributed by atoms with van der Waals surface area (Å²) in [5, 5.41) is 1.19. The second-order valence-electron chi connectivity index (χ2n) is 14.4. The zero-order valence-corrected chi connectivity index (χ0v) is 32.5. The number of ether oxygens (including phenoxy) is 1. The number of hydrogen-bond acceptors (Lipinski definition) is 7. The Bertz CT molecular complexity index is 1820. The molecule has 2 aliphatic heterocycles. The number of carbonyl (C=O) groups excluding carboxylic acids is 1. The number of piperazine rings is 1. The summed E-state index contributed by atoms with van der Waals surface area (Å²) in [6.45, 7) is 17.4. The van der Waals surface area contributed by atoms with Crippen LogP contribution in [0.15, 0.2) is 65.8 Å². The number of hydrogen-bond donors (Lipinski definition) is 0. The fourth-order valence-corrected chi connectivity index (χ4v) is 7.92. The second kappa shape index (κ2) is 14.8. The van der Waals surface area contributed by atoms with Gasteiger partial charge in [0.05, 0.1) is 17.9 Å². The molecule has 9 nitrogen and oxygen atoms in total. The molecular formula is C38H49Cl2N5O4S. The van der Waals surface area contributed by atoms with Gasteiger partial charge in [-0.15, -0.1) is 0 Å². The molecule has 0 N–H and O–H groups in total. The molecule has 2 aromatic carbocycles. The van der Waals surface area contributed by atoms with Gasteiger partial charge in [0.2, 0.25) is 0 Å². The maximum atomic E-state index is 15.2. The molecule has 270 valence electrons. The number of pyridine rings is 1. The number of rotatable bonds is 10. The van der Waals surface area contributed by atoms with E-state index in [-0.39, 0.29) is 23.0 Å². The Morgan fingerprint density at radius 3 is 2.04 bits per heavy atom. The molecule has 0 bridgehead atoms. The molecule has 3 heterocycles. The highest BCUT2D eigenvalue weighted by molar-refractivity contribution is 7.91. The van der Waals surface area contributed by atoms with Gasteiger partial charge in [-0.05, 0) is 69.1 Å². The summed E-state index contributed by atoms with van der Waals surface area (Å²) in [6, 6.07) is 17.0. The number of aliphatic imine (C=N–C) groups is 1. The number of benzene rings is 2. The van der Waals surface area contributed by atoms with E-state index in [1.54, 1.807) is 13.1 Å². The predicted octanol–water partition coefficient (Wildman–Crippen LogP) is 7.54. The Balaban J connectivity index is 1.62. The summed E-state index contributed by atoms with van der Waals surface area (Å²) < 4.78 is 30.4. The van der Waals surface area contributed by atoms with E-state index in [1.807, 2.05) is 71.3 Å². The Labute approximate surface area is 307 Å². The van der Waals surface area contributed by atoms with Crippen molar-refractivity contribution in [3.05, 3.63) is 93.2 Å². The maximum Gasteiger partial charge on any atom is 0.326 e. The molecule has 0 unspecified atom stereocenters. The predicted molar refractivity (Wildman–Crippen MR) is 202 cm³/mol. The van der Waals surface area contributed by atoms with Crippen LogP contribution >= 0.6 is 23.2 Å². The smallest absolute Gasteiger partial charge is 0.326 e. The first-order chi connectivity index (χ1) is 23.5. The van der Waals surface area contributed by atoms with Gasteiger partial charge in [0.1, 0.15) is 32.5 Å². The third kappa shape index (κ3) is 7.54. The topological polar surface area (TPSA) is 95.4 Å². The van der Waals surface area contributed by atoms with Gasteiger partial charge in [0.15, 0.2) is 0 Å². The number of nitrogens with zero attached hydrogens (tertiary/aromatic N) is 5. The number of urea groups is 1. The average molecular weight is 743 g/mol. The Morgan fingerprint density at radius 1 is 0.920 bits per heavy atom. The molecule has 50 heavy (non-hydrogen) atoms. The first kappa shape index (κ1) is 38.1. The van der Waals surface area contributed by atoms with Crippen LogP contribution in [0.2, 0.25) is 10.0 Å². The highest BCUT2D eigenvalue weighted by Gasteiger charge is 2.60. The third-order valence-electron chi connectivity index (χ3n) is 10.1. The van der Waals surface area contributed by atoms with E-state index in [4.69, 9.17) is 37.9 Å². The summed E-state index contributed by atoms with van der Waals surface area (Å²) in [6.07, 6.45) is 2.35. The molecule has 2 atom stereocenters. The Morgan fingerprint density at radius 2 is 1.50 bits per heavy atom. The van der Waals surface area contributed by atoms with E-state index in [0.717, 1.165) is 16.8 Å². The van der Waals surface area contributed by atoms with E-state index >= 15 is 4.79 Å². The minimum Gasteiger partial charge on any atom is -0.493 e. The summed E-state index contributed by atoms with van der Waals surface area (Å²) in [4.78, 5) is 31.5. The van der Waals surface area contributed by atoms with Crippen LogP contribution in [-0.4, -0.2) is 90.8 Å². The monoisotopic (exact) mass is 741 g/mol. The van der Waals surface area contributed by atoms with Crippen LogP contribution in [0, 0.1) is 0 Å². The Kier molecular flexibility index (Phi) is 11.3. The van der Waals surface area contributed by atoms with E-state index in [1.165, 1.54) is 0 Å². The largest absolute Gasteiger partial charge is 0.493 e. The highest BCUT2D eigenvalue weighted by Crippen LogP contribution is 2.54. The minimum absolute atomic E-state index is 0.149. The van der Waals surface area contributed by atoms with Gasteiger partial charge >= 0.3 is 6.03 Å². The van der Waals surface area contributed by atoms with E-state index in [9.17, 15) is 8.42 Å². The molecule has 3 aromatic rings. The molecule has 5 rings (SSSR count).